The first-order chi connectivity index (χ1) is 12.3. The van der Waals surface area contributed by atoms with Crippen LogP contribution in [0.3, 0.4) is 0 Å². The molecule has 0 saturated carbocycles. The highest BCUT2D eigenvalue weighted by Crippen LogP contribution is 2.32. The maximum absolute atomic E-state index is 14.1. The fraction of sp³-hybridized carbons (Fsp3) is 0.350. The van der Waals surface area contributed by atoms with Gasteiger partial charge < -0.3 is 4.90 Å². The number of hydrogen-bond acceptors (Lipinski definition) is 1. The van der Waals surface area contributed by atoms with Gasteiger partial charge in [0.15, 0.2) is 0 Å². The number of carbonyl (C=O) groups excluding carboxylic acids is 1. The summed E-state index contributed by atoms with van der Waals surface area (Å²) >= 11 is 0. The molecule has 6 heteroatoms. The van der Waals surface area contributed by atoms with Crippen molar-refractivity contribution in [3.8, 4) is 0 Å². The predicted octanol–water partition coefficient (Wildman–Crippen LogP) is 5.41. The maximum atomic E-state index is 14.1. The zero-order chi connectivity index (χ0) is 19.3. The first-order valence-electron chi connectivity index (χ1n) is 8.33. The number of hydrogen-bond donors (Lipinski definition) is 0. The van der Waals surface area contributed by atoms with Crippen molar-refractivity contribution in [3.63, 3.8) is 0 Å². The zero-order valence-corrected chi connectivity index (χ0v) is 14.5. The van der Waals surface area contributed by atoms with E-state index in [1.807, 2.05) is 19.1 Å². The van der Waals surface area contributed by atoms with Gasteiger partial charge >= 0.3 is 6.18 Å². The van der Waals surface area contributed by atoms with Gasteiger partial charge in [0, 0.05) is 12.1 Å². The van der Waals surface area contributed by atoms with E-state index in [1.165, 1.54) is 4.90 Å². The lowest BCUT2D eigenvalue weighted by atomic mass is 9.87. The zero-order valence-electron chi connectivity index (χ0n) is 14.5. The van der Waals surface area contributed by atoms with Crippen molar-refractivity contribution in [2.45, 2.75) is 44.9 Å². The van der Waals surface area contributed by atoms with Crippen LogP contribution in [0.2, 0.25) is 0 Å². The van der Waals surface area contributed by atoms with Crippen molar-refractivity contribution in [2.75, 3.05) is 0 Å². The van der Waals surface area contributed by atoms with Gasteiger partial charge in [-0.3, -0.25) is 4.79 Å². The first kappa shape index (κ1) is 19.9. The molecule has 1 aliphatic carbocycles. The highest BCUT2D eigenvalue weighted by Gasteiger charge is 2.31. The molecule has 0 N–H and O–H groups in total. The average molecular weight is 367 g/mol. The van der Waals surface area contributed by atoms with Gasteiger partial charge in [0.05, 0.1) is 11.6 Å². The van der Waals surface area contributed by atoms with E-state index in [9.17, 15) is 22.4 Å². The van der Waals surface area contributed by atoms with E-state index >= 15 is 0 Å². The van der Waals surface area contributed by atoms with Gasteiger partial charge in [0.1, 0.15) is 5.82 Å². The average Bonchev–Trinajstić information content (AvgIpc) is 2.59. The molecule has 1 aliphatic rings. The number of benzene rings is 1. The molecule has 0 spiro atoms. The van der Waals surface area contributed by atoms with Crippen molar-refractivity contribution >= 4 is 6.41 Å². The molecule has 2 rings (SSSR count). The van der Waals surface area contributed by atoms with Crippen molar-refractivity contribution in [1.82, 2.24) is 4.90 Å². The third kappa shape index (κ3) is 4.62. The number of alkyl halides is 3. The minimum Gasteiger partial charge on any atom is -0.334 e. The Labute approximate surface area is 150 Å². The summed E-state index contributed by atoms with van der Waals surface area (Å²) in [4.78, 5) is 13.0. The fourth-order valence-electron chi connectivity index (χ4n) is 3.20. The Morgan fingerprint density at radius 1 is 1.35 bits per heavy atom. The number of nitrogens with zero attached hydrogens (tertiary/aromatic N) is 1. The van der Waals surface area contributed by atoms with Crippen LogP contribution in [0, 0.1) is 5.82 Å². The minimum absolute atomic E-state index is 0.0617. The summed E-state index contributed by atoms with van der Waals surface area (Å²) in [5.41, 5.74) is 1.13. The molecule has 0 fully saturated rings. The van der Waals surface area contributed by atoms with Crippen LogP contribution < -0.4 is 0 Å². The number of allylic oxidation sites excluding steroid dienone is 4. The van der Waals surface area contributed by atoms with Crippen LogP contribution in [0.25, 0.3) is 0 Å². The Bertz CT molecular complexity index is 734. The molecule has 1 amide bonds. The molecule has 26 heavy (non-hydrogen) atoms. The third-order valence-corrected chi connectivity index (χ3v) is 4.63. The van der Waals surface area contributed by atoms with E-state index in [-0.39, 0.29) is 18.2 Å². The summed E-state index contributed by atoms with van der Waals surface area (Å²) in [5.74, 6) is -0.962. The molecule has 0 aromatic heterocycles. The van der Waals surface area contributed by atoms with Crippen LogP contribution in [0.4, 0.5) is 17.6 Å². The highest BCUT2D eigenvalue weighted by atomic mass is 19.4. The van der Waals surface area contributed by atoms with E-state index in [4.69, 9.17) is 0 Å². The standard InChI is InChI=1S/C20H21F4NO/c1-3-4-6-15-7-5-8-19(14(15)2)25(13-26)12-16-9-10-17(11-18(16)21)20(22,23)24/h3-4,6,9-11,13,19H,1,5,7-8,12H2,2H3/b6-4-. The Hall–Kier alpha value is -2.37. The van der Waals surface area contributed by atoms with Gasteiger partial charge in [-0.1, -0.05) is 30.9 Å². The Balaban J connectivity index is 2.25. The van der Waals surface area contributed by atoms with Gasteiger partial charge in [0.2, 0.25) is 6.41 Å². The van der Waals surface area contributed by atoms with Crippen LogP contribution in [-0.4, -0.2) is 17.4 Å². The summed E-state index contributed by atoms with van der Waals surface area (Å²) in [6.45, 7) is 5.48. The van der Waals surface area contributed by atoms with Crippen molar-refractivity contribution < 1.29 is 22.4 Å². The number of rotatable bonds is 6. The second-order valence-electron chi connectivity index (χ2n) is 6.29. The Kier molecular flexibility index (Phi) is 6.40. The van der Waals surface area contributed by atoms with E-state index in [2.05, 4.69) is 6.58 Å². The lowest BCUT2D eigenvalue weighted by molar-refractivity contribution is -0.137. The van der Waals surface area contributed by atoms with Crippen molar-refractivity contribution in [2.24, 2.45) is 0 Å². The Morgan fingerprint density at radius 2 is 2.08 bits per heavy atom. The molecule has 2 nitrogen and oxygen atoms in total. The summed E-state index contributed by atoms with van der Waals surface area (Å²) in [7, 11) is 0. The number of halogens is 4. The van der Waals surface area contributed by atoms with Crippen LogP contribution in [0.15, 0.2) is 54.2 Å². The van der Waals surface area contributed by atoms with Gasteiger partial charge in [-0.15, -0.1) is 0 Å². The van der Waals surface area contributed by atoms with Crippen LogP contribution in [0.1, 0.15) is 37.3 Å². The number of amides is 1. The lowest BCUT2D eigenvalue weighted by Crippen LogP contribution is -2.36. The van der Waals surface area contributed by atoms with E-state index in [0.29, 0.717) is 12.5 Å². The van der Waals surface area contributed by atoms with Gasteiger partial charge in [-0.25, -0.2) is 4.39 Å². The molecule has 0 radical (unpaired) electrons. The fourth-order valence-corrected chi connectivity index (χ4v) is 3.20. The minimum atomic E-state index is -4.60. The van der Waals surface area contributed by atoms with Gasteiger partial charge in [-0.05, 0) is 49.5 Å². The molecular weight excluding hydrogens is 346 g/mol. The molecule has 0 saturated heterocycles. The number of carbonyl (C=O) groups is 1. The van der Waals surface area contributed by atoms with E-state index in [1.54, 1.807) is 6.08 Å². The second kappa shape index (κ2) is 8.34. The summed E-state index contributed by atoms with van der Waals surface area (Å²) in [5, 5.41) is 0. The lowest BCUT2D eigenvalue weighted by Gasteiger charge is -2.33. The molecule has 1 aromatic rings. The molecule has 0 aliphatic heterocycles. The maximum Gasteiger partial charge on any atom is 0.416 e. The van der Waals surface area contributed by atoms with E-state index in [0.717, 1.165) is 42.5 Å². The third-order valence-electron chi connectivity index (χ3n) is 4.63. The van der Waals surface area contributed by atoms with Gasteiger partial charge in [0.25, 0.3) is 0 Å². The molecule has 140 valence electrons. The van der Waals surface area contributed by atoms with Crippen molar-refractivity contribution in [1.29, 1.82) is 0 Å². The van der Waals surface area contributed by atoms with Crippen LogP contribution in [-0.2, 0) is 17.5 Å². The van der Waals surface area contributed by atoms with Crippen LogP contribution in [0.5, 0.6) is 0 Å². The highest BCUT2D eigenvalue weighted by molar-refractivity contribution is 5.50. The molecule has 1 unspecified atom stereocenters. The SMILES string of the molecule is C=C/C=C\C1=C(C)C(N(C=O)Cc2ccc(C(F)(F)F)cc2F)CCC1. The quantitative estimate of drug-likeness (QED) is 0.374. The van der Waals surface area contributed by atoms with Gasteiger partial charge in [-0.2, -0.15) is 13.2 Å². The second-order valence-corrected chi connectivity index (χ2v) is 6.29. The largest absolute Gasteiger partial charge is 0.416 e. The molecule has 0 bridgehead atoms. The monoisotopic (exact) mass is 367 g/mol. The molecule has 1 atom stereocenters. The predicted molar refractivity (Wildman–Crippen MR) is 92.7 cm³/mol. The molecular formula is C20H21F4NO. The molecule has 1 aromatic carbocycles. The van der Waals surface area contributed by atoms with Crippen molar-refractivity contribution in [3.05, 3.63) is 71.1 Å². The molecule has 0 heterocycles. The first-order valence-corrected chi connectivity index (χ1v) is 8.33. The summed E-state index contributed by atoms with van der Waals surface area (Å²) < 4.78 is 52.1. The smallest absolute Gasteiger partial charge is 0.334 e. The Morgan fingerprint density at radius 3 is 2.65 bits per heavy atom. The van der Waals surface area contributed by atoms with Crippen LogP contribution >= 0.6 is 0 Å². The summed E-state index contributed by atoms with van der Waals surface area (Å²) in [6.07, 6.45) is 3.95. The normalized spacial score (nSPS) is 18.3. The summed E-state index contributed by atoms with van der Waals surface area (Å²) in [6, 6.07) is 2.20. The van der Waals surface area contributed by atoms with E-state index < -0.39 is 17.6 Å². The topological polar surface area (TPSA) is 20.3 Å².